The van der Waals surface area contributed by atoms with E-state index in [1.807, 2.05) is 30.0 Å². The van der Waals surface area contributed by atoms with Crippen molar-refractivity contribution in [2.75, 3.05) is 17.3 Å². The molecule has 2 atom stereocenters. The summed E-state index contributed by atoms with van der Waals surface area (Å²) in [6.07, 6.45) is 0. The lowest BCUT2D eigenvalue weighted by Gasteiger charge is -2.20. The van der Waals surface area contributed by atoms with Crippen molar-refractivity contribution in [1.82, 2.24) is 0 Å². The summed E-state index contributed by atoms with van der Waals surface area (Å²) in [5, 5.41) is 0.264. The molecule has 3 heteroatoms. The van der Waals surface area contributed by atoms with E-state index in [9.17, 15) is 4.21 Å². The zero-order chi connectivity index (χ0) is 9.10. The van der Waals surface area contributed by atoms with Crippen LogP contribution in [0.15, 0.2) is 30.3 Å². The molecule has 0 aliphatic carbocycles. The molecule has 13 heavy (non-hydrogen) atoms. The third-order valence-electron chi connectivity index (χ3n) is 2.19. The van der Waals surface area contributed by atoms with Crippen LogP contribution in [0.5, 0.6) is 0 Å². The summed E-state index contributed by atoms with van der Waals surface area (Å²) in [6.45, 7) is 0. The molecule has 1 aliphatic heterocycles. The van der Waals surface area contributed by atoms with Crippen molar-refractivity contribution in [2.45, 2.75) is 5.25 Å². The van der Waals surface area contributed by atoms with E-state index < -0.39 is 10.8 Å². The van der Waals surface area contributed by atoms with Crippen LogP contribution < -0.4 is 0 Å². The van der Waals surface area contributed by atoms with E-state index in [1.165, 1.54) is 5.56 Å². The van der Waals surface area contributed by atoms with Crippen LogP contribution >= 0.6 is 11.8 Å². The Balaban J connectivity index is 2.20. The van der Waals surface area contributed by atoms with Gasteiger partial charge in [0.1, 0.15) is 0 Å². The molecule has 0 saturated carbocycles. The van der Waals surface area contributed by atoms with Crippen LogP contribution in [0.1, 0.15) is 10.8 Å². The van der Waals surface area contributed by atoms with Gasteiger partial charge >= 0.3 is 0 Å². The molecule has 0 bridgehead atoms. The van der Waals surface area contributed by atoms with E-state index in [2.05, 4.69) is 12.1 Å². The topological polar surface area (TPSA) is 17.1 Å². The second-order valence-electron chi connectivity index (χ2n) is 3.06. The van der Waals surface area contributed by atoms with Crippen molar-refractivity contribution < 1.29 is 4.21 Å². The van der Waals surface area contributed by atoms with Gasteiger partial charge in [0.05, 0.1) is 5.25 Å². The predicted molar refractivity (Wildman–Crippen MR) is 59.5 cm³/mol. The molecule has 0 aromatic heterocycles. The molecule has 1 nitrogen and oxygen atoms in total. The van der Waals surface area contributed by atoms with E-state index >= 15 is 0 Å². The quantitative estimate of drug-likeness (QED) is 0.710. The highest BCUT2D eigenvalue weighted by Crippen LogP contribution is 2.28. The maximum absolute atomic E-state index is 11.7. The van der Waals surface area contributed by atoms with Crippen LogP contribution in [0, 0.1) is 0 Å². The molecule has 1 aromatic rings. The predicted octanol–water partition coefficient (Wildman–Crippen LogP) is 2.22. The maximum atomic E-state index is 11.7. The fraction of sp³-hybridized carbons (Fsp3) is 0.400. The summed E-state index contributed by atoms with van der Waals surface area (Å²) in [5.41, 5.74) is 1.23. The van der Waals surface area contributed by atoms with Crippen LogP contribution in [-0.2, 0) is 10.8 Å². The van der Waals surface area contributed by atoms with Gasteiger partial charge in [0, 0.05) is 28.1 Å². The lowest BCUT2D eigenvalue weighted by atomic mass is 10.2. The van der Waals surface area contributed by atoms with Crippen molar-refractivity contribution in [3.05, 3.63) is 35.9 Å². The van der Waals surface area contributed by atoms with Crippen LogP contribution in [0.2, 0.25) is 0 Å². The van der Waals surface area contributed by atoms with Gasteiger partial charge in [-0.3, -0.25) is 4.21 Å². The highest BCUT2D eigenvalue weighted by molar-refractivity contribution is 8.02. The van der Waals surface area contributed by atoms with Crippen LogP contribution in [-0.4, -0.2) is 21.5 Å². The molecule has 0 radical (unpaired) electrons. The fourth-order valence-electron chi connectivity index (χ4n) is 1.47. The number of hydrogen-bond acceptors (Lipinski definition) is 2. The van der Waals surface area contributed by atoms with Gasteiger partial charge < -0.3 is 0 Å². The van der Waals surface area contributed by atoms with Gasteiger partial charge in [-0.25, -0.2) is 0 Å². The van der Waals surface area contributed by atoms with Gasteiger partial charge in [-0.15, -0.1) is 0 Å². The number of rotatable bonds is 1. The van der Waals surface area contributed by atoms with E-state index in [-0.39, 0.29) is 5.25 Å². The summed E-state index contributed by atoms with van der Waals surface area (Å²) in [4.78, 5) is 0. The minimum Gasteiger partial charge on any atom is -0.259 e. The van der Waals surface area contributed by atoms with Crippen molar-refractivity contribution in [3.8, 4) is 0 Å². The SMILES string of the molecule is O=[S@]1CCSC[C@@H]1c1ccccc1. The molecule has 0 unspecified atom stereocenters. The van der Waals surface area contributed by atoms with E-state index in [0.717, 1.165) is 17.3 Å². The Kier molecular flexibility index (Phi) is 3.06. The van der Waals surface area contributed by atoms with Gasteiger partial charge in [-0.1, -0.05) is 30.3 Å². The van der Waals surface area contributed by atoms with E-state index in [4.69, 9.17) is 0 Å². The number of thioether (sulfide) groups is 1. The smallest absolute Gasteiger partial charge is 0.0687 e. The lowest BCUT2D eigenvalue weighted by Crippen LogP contribution is -2.19. The Morgan fingerprint density at radius 2 is 2.08 bits per heavy atom. The third-order valence-corrected chi connectivity index (χ3v) is 5.40. The largest absolute Gasteiger partial charge is 0.259 e. The van der Waals surface area contributed by atoms with Crippen molar-refractivity contribution in [3.63, 3.8) is 0 Å². The van der Waals surface area contributed by atoms with Crippen molar-refractivity contribution >= 4 is 22.6 Å². The molecule has 1 fully saturated rings. The maximum Gasteiger partial charge on any atom is 0.0687 e. The van der Waals surface area contributed by atoms with Crippen molar-refractivity contribution in [2.24, 2.45) is 0 Å². The Morgan fingerprint density at radius 3 is 2.77 bits per heavy atom. The Bertz CT molecular complexity index is 297. The van der Waals surface area contributed by atoms with Gasteiger partial charge in [-0.2, -0.15) is 11.8 Å². The molecule has 1 aliphatic rings. The highest BCUT2D eigenvalue weighted by Gasteiger charge is 2.22. The van der Waals surface area contributed by atoms with Crippen LogP contribution in [0.3, 0.4) is 0 Å². The number of hydrogen-bond donors (Lipinski definition) is 0. The second kappa shape index (κ2) is 4.29. The minimum atomic E-state index is -0.650. The van der Waals surface area contributed by atoms with Crippen molar-refractivity contribution in [1.29, 1.82) is 0 Å². The summed E-state index contributed by atoms with van der Waals surface area (Å²) in [6, 6.07) is 10.2. The van der Waals surface area contributed by atoms with Crippen LogP contribution in [0.25, 0.3) is 0 Å². The third kappa shape index (κ3) is 2.15. The first-order valence-corrected chi connectivity index (χ1v) is 6.91. The molecule has 1 saturated heterocycles. The van der Waals surface area contributed by atoms with E-state index in [0.29, 0.717) is 0 Å². The summed E-state index contributed by atoms with van der Waals surface area (Å²) >= 11 is 1.91. The standard InChI is InChI=1S/C10H12OS2/c11-13-7-6-12-8-10(13)9-4-2-1-3-5-9/h1-5,10H,6-8H2/t10-,13+/m1/s1. The fourth-order valence-corrected chi connectivity index (χ4v) is 4.81. The first-order valence-electron chi connectivity index (χ1n) is 4.38. The average molecular weight is 212 g/mol. The highest BCUT2D eigenvalue weighted by atomic mass is 32.2. The van der Waals surface area contributed by atoms with Crippen LogP contribution in [0.4, 0.5) is 0 Å². The van der Waals surface area contributed by atoms with Gasteiger partial charge in [-0.05, 0) is 5.56 Å². The molecule has 1 aromatic carbocycles. The molecular weight excluding hydrogens is 200 g/mol. The monoisotopic (exact) mass is 212 g/mol. The average Bonchev–Trinajstić information content (AvgIpc) is 2.20. The number of benzene rings is 1. The molecule has 0 N–H and O–H groups in total. The molecule has 0 amide bonds. The zero-order valence-electron chi connectivity index (χ0n) is 7.31. The van der Waals surface area contributed by atoms with E-state index in [1.54, 1.807) is 0 Å². The first-order chi connectivity index (χ1) is 6.38. The Morgan fingerprint density at radius 1 is 1.31 bits per heavy atom. The Labute approximate surface area is 85.4 Å². The normalized spacial score (nSPS) is 28.6. The summed E-state index contributed by atoms with van der Waals surface area (Å²) < 4.78 is 11.7. The molecule has 0 spiro atoms. The summed E-state index contributed by atoms with van der Waals surface area (Å²) in [5.74, 6) is 2.91. The van der Waals surface area contributed by atoms with Gasteiger partial charge in [0.25, 0.3) is 0 Å². The zero-order valence-corrected chi connectivity index (χ0v) is 8.94. The van der Waals surface area contributed by atoms with Gasteiger partial charge in [0.15, 0.2) is 0 Å². The second-order valence-corrected chi connectivity index (χ2v) is 5.95. The molecule has 1 heterocycles. The molecule has 2 rings (SSSR count). The van der Waals surface area contributed by atoms with Gasteiger partial charge in [0.2, 0.25) is 0 Å². The molecule has 70 valence electrons. The molecular formula is C10H12OS2. The first kappa shape index (κ1) is 9.28. The lowest BCUT2D eigenvalue weighted by molar-refractivity contribution is 0.676. The minimum absolute atomic E-state index is 0.264. The Hall–Kier alpha value is -0.280. The summed E-state index contributed by atoms with van der Waals surface area (Å²) in [7, 11) is -0.650.